The molecule has 0 radical (unpaired) electrons. The maximum atomic E-state index is 13.1. The van der Waals surface area contributed by atoms with Crippen molar-refractivity contribution in [3.63, 3.8) is 0 Å². The quantitative estimate of drug-likeness (QED) is 0.626. The molecular weight excluding hydrogens is 312 g/mol. The molecule has 2 aromatic rings. The molecule has 0 amide bonds. The predicted molar refractivity (Wildman–Crippen MR) is 67.6 cm³/mol. The van der Waals surface area contributed by atoms with Crippen molar-refractivity contribution in [3.8, 4) is 0 Å². The maximum Gasteiger partial charge on any atom is 0.431 e. The maximum absolute atomic E-state index is 13.1. The summed E-state index contributed by atoms with van der Waals surface area (Å²) in [5.41, 5.74) is 0.223. The fourth-order valence-corrected chi connectivity index (χ4v) is 1.94. The van der Waals surface area contributed by atoms with Crippen molar-refractivity contribution in [1.29, 1.82) is 0 Å². The first-order valence-corrected chi connectivity index (χ1v) is 6.78. The van der Waals surface area contributed by atoms with Gasteiger partial charge in [0, 0.05) is 11.1 Å². The van der Waals surface area contributed by atoms with E-state index in [1.54, 1.807) is 30.3 Å². The Morgan fingerprint density at radius 1 is 1.05 bits per heavy atom. The lowest BCUT2D eigenvalue weighted by atomic mass is 10.1. The zero-order chi connectivity index (χ0) is 15.7. The van der Waals surface area contributed by atoms with Gasteiger partial charge in [-0.15, -0.1) is 0 Å². The largest absolute Gasteiger partial charge is 0.768 e. The lowest BCUT2D eigenvalue weighted by molar-refractivity contribution is -0.322. The molecule has 3 nitrogen and oxygen atoms in total. The van der Waals surface area contributed by atoms with Crippen LogP contribution in [0.3, 0.4) is 0 Å². The van der Waals surface area contributed by atoms with E-state index in [1.165, 1.54) is 12.1 Å². The summed E-state index contributed by atoms with van der Waals surface area (Å²) in [5.74, 6) is 0. The Balaban J connectivity index is 2.16. The first kappa shape index (κ1) is 15.9. The molecule has 0 saturated heterocycles. The van der Waals surface area contributed by atoms with E-state index in [1.807, 2.05) is 0 Å². The number of hydrogen-bond donors (Lipinski definition) is 0. The van der Waals surface area contributed by atoms with Crippen LogP contribution < -0.4 is 0 Å². The van der Waals surface area contributed by atoms with Gasteiger partial charge in [-0.05, 0) is 22.4 Å². The number of halogens is 4. The summed E-state index contributed by atoms with van der Waals surface area (Å²) in [4.78, 5) is 0. The lowest BCUT2D eigenvalue weighted by Crippen LogP contribution is -2.45. The third-order valence-electron chi connectivity index (χ3n) is 2.78. The van der Waals surface area contributed by atoms with Crippen LogP contribution in [-0.4, -0.2) is 20.1 Å². The van der Waals surface area contributed by atoms with E-state index in [9.17, 15) is 26.3 Å². The molecule has 114 valence electrons. The number of benzene rings is 2. The summed E-state index contributed by atoms with van der Waals surface area (Å²) in [6, 6.07) is 11.6. The van der Waals surface area contributed by atoms with Gasteiger partial charge in [0.25, 0.3) is 0 Å². The van der Waals surface area contributed by atoms with Crippen LogP contribution in [0.1, 0.15) is 5.56 Å². The molecule has 1 unspecified atom stereocenters. The fourth-order valence-electron chi connectivity index (χ4n) is 1.68. The van der Waals surface area contributed by atoms with Crippen LogP contribution >= 0.6 is 0 Å². The van der Waals surface area contributed by atoms with Crippen LogP contribution in [0.5, 0.6) is 0 Å². The Labute approximate surface area is 119 Å². The molecule has 0 bridgehead atoms. The summed E-state index contributed by atoms with van der Waals surface area (Å²) < 4.78 is 75.9. The van der Waals surface area contributed by atoms with Gasteiger partial charge in [0.1, 0.15) is 0 Å². The third kappa shape index (κ3) is 3.22. The van der Waals surface area contributed by atoms with Gasteiger partial charge >= 0.3 is 11.4 Å². The zero-order valence-corrected chi connectivity index (χ0v) is 11.2. The van der Waals surface area contributed by atoms with Crippen LogP contribution in [0.4, 0.5) is 17.6 Å². The van der Waals surface area contributed by atoms with Gasteiger partial charge in [-0.1, -0.05) is 36.4 Å². The van der Waals surface area contributed by atoms with Crippen molar-refractivity contribution >= 4 is 21.9 Å². The minimum atomic E-state index is -5.29. The smallest absolute Gasteiger partial charge is 0.431 e. The van der Waals surface area contributed by atoms with Gasteiger partial charge in [0.15, 0.2) is 0 Å². The van der Waals surface area contributed by atoms with Crippen LogP contribution in [0.25, 0.3) is 10.8 Å². The highest BCUT2D eigenvalue weighted by Crippen LogP contribution is 2.38. The lowest BCUT2D eigenvalue weighted by Gasteiger charge is -2.27. The molecule has 0 aromatic heterocycles. The summed E-state index contributed by atoms with van der Waals surface area (Å²) in [5, 5.41) is -3.72. The topological polar surface area (TPSA) is 49.4 Å². The van der Waals surface area contributed by atoms with Crippen LogP contribution in [-0.2, 0) is 22.4 Å². The van der Waals surface area contributed by atoms with E-state index < -0.39 is 29.1 Å². The van der Waals surface area contributed by atoms with Crippen molar-refractivity contribution in [2.45, 2.75) is 18.0 Å². The van der Waals surface area contributed by atoms with Gasteiger partial charge in [-0.25, -0.2) is 0 Å². The normalized spacial score (nSPS) is 14.3. The van der Waals surface area contributed by atoms with Crippen molar-refractivity contribution in [2.24, 2.45) is 0 Å². The molecule has 0 heterocycles. The highest BCUT2D eigenvalue weighted by molar-refractivity contribution is 7.80. The Bertz CT molecular complexity index is 675. The average molecular weight is 321 g/mol. The van der Waals surface area contributed by atoms with E-state index in [-0.39, 0.29) is 5.56 Å². The standard InChI is InChI=1S/C13H10F4O3S/c14-12(15,13(16,17)21(18)19)20-8-9-5-6-10-3-1-2-4-11(10)7-9/h1-7H,8H2,(H,18,19)/p-1. The minimum Gasteiger partial charge on any atom is -0.768 e. The van der Waals surface area contributed by atoms with E-state index >= 15 is 0 Å². The molecule has 0 aliphatic rings. The Morgan fingerprint density at radius 3 is 2.29 bits per heavy atom. The summed E-state index contributed by atoms with van der Waals surface area (Å²) >= 11 is -4.28. The molecule has 2 aromatic carbocycles. The molecule has 0 fully saturated rings. The van der Waals surface area contributed by atoms with Crippen LogP contribution in [0.2, 0.25) is 0 Å². The van der Waals surface area contributed by atoms with E-state index in [0.717, 1.165) is 10.8 Å². The zero-order valence-electron chi connectivity index (χ0n) is 10.4. The second-order valence-electron chi connectivity index (χ2n) is 4.24. The molecule has 0 N–H and O–H groups in total. The second kappa shape index (κ2) is 5.70. The monoisotopic (exact) mass is 321 g/mol. The summed E-state index contributed by atoms with van der Waals surface area (Å²) in [7, 11) is 0. The van der Waals surface area contributed by atoms with Gasteiger partial charge in [-0.3, -0.25) is 4.21 Å². The Kier molecular flexibility index (Phi) is 4.31. The summed E-state index contributed by atoms with van der Waals surface area (Å²) in [6.45, 7) is -0.843. The molecule has 21 heavy (non-hydrogen) atoms. The average Bonchev–Trinajstić information content (AvgIpc) is 2.44. The number of ether oxygens (including phenoxy) is 1. The van der Waals surface area contributed by atoms with Crippen molar-refractivity contribution in [3.05, 3.63) is 48.0 Å². The molecule has 0 saturated carbocycles. The first-order valence-electron chi connectivity index (χ1n) is 5.71. The van der Waals surface area contributed by atoms with Gasteiger partial charge < -0.3 is 9.29 Å². The number of fused-ring (bicyclic) bond motifs is 1. The van der Waals surface area contributed by atoms with E-state index in [4.69, 9.17) is 0 Å². The number of alkyl halides is 4. The van der Waals surface area contributed by atoms with Crippen LogP contribution in [0, 0.1) is 0 Å². The third-order valence-corrected chi connectivity index (χ3v) is 3.44. The van der Waals surface area contributed by atoms with Gasteiger partial charge in [-0.2, -0.15) is 17.6 Å². The fraction of sp³-hybridized carbons (Fsp3) is 0.231. The van der Waals surface area contributed by atoms with Crippen molar-refractivity contribution in [1.82, 2.24) is 0 Å². The summed E-state index contributed by atoms with van der Waals surface area (Å²) in [6.07, 6.45) is -5.11. The Hall–Kier alpha value is -1.51. The SMILES string of the molecule is O=S([O-])C(F)(F)C(F)(F)OCc1ccc2ccccc2c1. The van der Waals surface area contributed by atoms with E-state index in [0.29, 0.717) is 0 Å². The van der Waals surface area contributed by atoms with Gasteiger partial charge in [0.05, 0.1) is 6.61 Å². The molecule has 0 aliphatic carbocycles. The Morgan fingerprint density at radius 2 is 1.67 bits per heavy atom. The first-order chi connectivity index (χ1) is 9.74. The minimum absolute atomic E-state index is 0.223. The number of rotatable bonds is 5. The van der Waals surface area contributed by atoms with Gasteiger partial charge in [0.2, 0.25) is 0 Å². The highest BCUT2D eigenvalue weighted by atomic mass is 32.2. The number of hydrogen-bond acceptors (Lipinski definition) is 3. The molecule has 0 aliphatic heterocycles. The molecule has 2 rings (SSSR count). The molecular formula is C13H9F4O3S-. The molecule has 8 heteroatoms. The predicted octanol–water partition coefficient (Wildman–Crippen LogP) is 3.42. The molecule has 0 spiro atoms. The molecule has 1 atom stereocenters. The van der Waals surface area contributed by atoms with Crippen LogP contribution in [0.15, 0.2) is 42.5 Å². The van der Waals surface area contributed by atoms with E-state index in [2.05, 4.69) is 4.74 Å². The van der Waals surface area contributed by atoms with Crippen molar-refractivity contribution < 1.29 is 31.1 Å². The highest BCUT2D eigenvalue weighted by Gasteiger charge is 2.59. The second-order valence-corrected chi connectivity index (χ2v) is 5.22. The van der Waals surface area contributed by atoms with Crippen molar-refractivity contribution in [2.75, 3.05) is 0 Å².